The summed E-state index contributed by atoms with van der Waals surface area (Å²) >= 11 is 0. The fourth-order valence-corrected chi connectivity index (χ4v) is 3.15. The van der Waals surface area contributed by atoms with E-state index in [2.05, 4.69) is 23.1 Å². The Morgan fingerprint density at radius 3 is 2.47 bits per heavy atom. The number of carbonyl (C=O) groups is 1. The number of hydrogen-bond donors (Lipinski definition) is 0. The van der Waals surface area contributed by atoms with Gasteiger partial charge in [0.1, 0.15) is 0 Å². The zero-order chi connectivity index (χ0) is 11.7. The van der Waals surface area contributed by atoms with Gasteiger partial charge in [-0.05, 0) is 24.0 Å². The molecule has 0 N–H and O–H groups in total. The van der Waals surface area contributed by atoms with E-state index in [0.717, 1.165) is 6.54 Å². The van der Waals surface area contributed by atoms with E-state index < -0.39 is 0 Å². The first kappa shape index (κ1) is 10.8. The molecule has 1 saturated carbocycles. The van der Waals surface area contributed by atoms with E-state index in [9.17, 15) is 4.79 Å². The smallest absolute Gasteiger partial charge is 0.227 e. The number of amides is 1. The minimum atomic E-state index is 0.329. The molecule has 1 aliphatic heterocycles. The van der Waals surface area contributed by atoms with Gasteiger partial charge in [-0.25, -0.2) is 0 Å². The summed E-state index contributed by atoms with van der Waals surface area (Å²) in [6.07, 6.45) is 6.93. The Kier molecular flexibility index (Phi) is 2.87. The second-order valence-electron chi connectivity index (χ2n) is 5.26. The predicted molar refractivity (Wildman–Crippen MR) is 67.6 cm³/mol. The quantitative estimate of drug-likeness (QED) is 0.725. The van der Waals surface area contributed by atoms with Gasteiger partial charge in [-0.1, -0.05) is 43.5 Å². The molecule has 0 spiro atoms. The topological polar surface area (TPSA) is 20.3 Å². The van der Waals surface area contributed by atoms with E-state index in [1.165, 1.54) is 43.2 Å². The molecule has 1 aromatic rings. The minimum absolute atomic E-state index is 0.329. The average molecular weight is 229 g/mol. The molecule has 2 heteroatoms. The Bertz CT molecular complexity index is 421. The van der Waals surface area contributed by atoms with Crippen molar-refractivity contribution in [3.05, 3.63) is 35.4 Å². The molecule has 0 bridgehead atoms. The third-order valence-corrected chi connectivity index (χ3v) is 4.14. The Hall–Kier alpha value is -1.31. The first-order chi connectivity index (χ1) is 8.34. The molecule has 1 amide bonds. The van der Waals surface area contributed by atoms with Crippen molar-refractivity contribution >= 4 is 5.91 Å². The van der Waals surface area contributed by atoms with Crippen LogP contribution >= 0.6 is 0 Å². The molecule has 0 radical (unpaired) electrons. The summed E-state index contributed by atoms with van der Waals surface area (Å²) < 4.78 is 0. The molecule has 0 saturated heterocycles. The van der Waals surface area contributed by atoms with Gasteiger partial charge in [-0.3, -0.25) is 4.79 Å². The van der Waals surface area contributed by atoms with Gasteiger partial charge < -0.3 is 4.90 Å². The van der Waals surface area contributed by atoms with Gasteiger partial charge in [0.15, 0.2) is 0 Å². The van der Waals surface area contributed by atoms with E-state index in [1.54, 1.807) is 0 Å². The van der Waals surface area contributed by atoms with Crippen molar-refractivity contribution in [2.45, 2.75) is 51.1 Å². The highest BCUT2D eigenvalue weighted by Gasteiger charge is 2.29. The van der Waals surface area contributed by atoms with Crippen molar-refractivity contribution in [3.8, 4) is 0 Å². The summed E-state index contributed by atoms with van der Waals surface area (Å²) in [6, 6.07) is 8.86. The van der Waals surface area contributed by atoms with Crippen LogP contribution in [-0.4, -0.2) is 16.8 Å². The molecule has 17 heavy (non-hydrogen) atoms. The SMILES string of the molecule is O=C1Cc2ccccc2CN1C1CCCCC1. The molecule has 1 aromatic carbocycles. The van der Waals surface area contributed by atoms with Gasteiger partial charge in [0, 0.05) is 12.6 Å². The lowest BCUT2D eigenvalue weighted by Gasteiger charge is -2.37. The van der Waals surface area contributed by atoms with Crippen LogP contribution in [0.15, 0.2) is 24.3 Å². The van der Waals surface area contributed by atoms with Crippen LogP contribution in [0.25, 0.3) is 0 Å². The normalized spacial score (nSPS) is 21.4. The van der Waals surface area contributed by atoms with E-state index >= 15 is 0 Å². The van der Waals surface area contributed by atoms with Gasteiger partial charge in [-0.15, -0.1) is 0 Å². The second kappa shape index (κ2) is 4.52. The third kappa shape index (κ3) is 2.08. The highest BCUT2D eigenvalue weighted by Crippen LogP contribution is 2.28. The molecule has 1 aliphatic carbocycles. The standard InChI is InChI=1S/C15H19NO/c17-15-10-12-6-4-5-7-13(12)11-16(15)14-8-2-1-3-9-14/h4-7,14H,1-3,8-11H2. The highest BCUT2D eigenvalue weighted by atomic mass is 16.2. The number of rotatable bonds is 1. The maximum atomic E-state index is 12.2. The average Bonchev–Trinajstić information content (AvgIpc) is 2.39. The van der Waals surface area contributed by atoms with Gasteiger partial charge in [-0.2, -0.15) is 0 Å². The Morgan fingerprint density at radius 2 is 1.71 bits per heavy atom. The lowest BCUT2D eigenvalue weighted by atomic mass is 9.91. The molecule has 0 unspecified atom stereocenters. The summed E-state index contributed by atoms with van der Waals surface area (Å²) in [5.41, 5.74) is 2.57. The highest BCUT2D eigenvalue weighted by molar-refractivity contribution is 5.81. The zero-order valence-electron chi connectivity index (χ0n) is 10.2. The molecule has 2 aliphatic rings. The van der Waals surface area contributed by atoms with Crippen molar-refractivity contribution < 1.29 is 4.79 Å². The molecular weight excluding hydrogens is 210 g/mol. The summed E-state index contributed by atoms with van der Waals surface area (Å²) in [4.78, 5) is 14.3. The summed E-state index contributed by atoms with van der Waals surface area (Å²) in [5.74, 6) is 0.329. The van der Waals surface area contributed by atoms with Crippen LogP contribution in [0.5, 0.6) is 0 Å². The Balaban J connectivity index is 1.81. The monoisotopic (exact) mass is 229 g/mol. The Labute approximate surface area is 103 Å². The van der Waals surface area contributed by atoms with Gasteiger partial charge in [0.25, 0.3) is 0 Å². The summed E-state index contributed by atoms with van der Waals surface area (Å²) in [5, 5.41) is 0. The van der Waals surface area contributed by atoms with Gasteiger partial charge >= 0.3 is 0 Å². The van der Waals surface area contributed by atoms with E-state index in [4.69, 9.17) is 0 Å². The number of fused-ring (bicyclic) bond motifs is 1. The largest absolute Gasteiger partial charge is 0.335 e. The summed E-state index contributed by atoms with van der Waals surface area (Å²) in [7, 11) is 0. The van der Waals surface area contributed by atoms with E-state index in [-0.39, 0.29) is 0 Å². The first-order valence-electron chi connectivity index (χ1n) is 6.71. The predicted octanol–water partition coefficient (Wildman–Crippen LogP) is 2.90. The molecule has 1 heterocycles. The van der Waals surface area contributed by atoms with Crippen molar-refractivity contribution in [2.24, 2.45) is 0 Å². The maximum Gasteiger partial charge on any atom is 0.227 e. The van der Waals surface area contributed by atoms with E-state index in [0.29, 0.717) is 18.4 Å². The molecule has 3 rings (SSSR count). The van der Waals surface area contributed by atoms with Gasteiger partial charge in [0.05, 0.1) is 6.42 Å². The molecule has 1 fully saturated rings. The van der Waals surface area contributed by atoms with Crippen LogP contribution in [-0.2, 0) is 17.8 Å². The van der Waals surface area contributed by atoms with Crippen LogP contribution < -0.4 is 0 Å². The minimum Gasteiger partial charge on any atom is -0.335 e. The van der Waals surface area contributed by atoms with Crippen LogP contribution in [0.2, 0.25) is 0 Å². The fraction of sp³-hybridized carbons (Fsp3) is 0.533. The molecular formula is C15H19NO. The van der Waals surface area contributed by atoms with E-state index in [1.807, 2.05) is 6.07 Å². The zero-order valence-corrected chi connectivity index (χ0v) is 10.2. The lowest BCUT2D eigenvalue weighted by Crippen LogP contribution is -2.44. The lowest BCUT2D eigenvalue weighted by molar-refractivity contribution is -0.135. The number of nitrogens with zero attached hydrogens (tertiary/aromatic N) is 1. The molecule has 0 atom stereocenters. The first-order valence-corrected chi connectivity index (χ1v) is 6.71. The molecule has 0 aromatic heterocycles. The fourth-order valence-electron chi connectivity index (χ4n) is 3.15. The van der Waals surface area contributed by atoms with Crippen molar-refractivity contribution in [2.75, 3.05) is 0 Å². The number of benzene rings is 1. The van der Waals surface area contributed by atoms with Crippen LogP contribution in [0.3, 0.4) is 0 Å². The number of hydrogen-bond acceptors (Lipinski definition) is 1. The maximum absolute atomic E-state index is 12.2. The number of carbonyl (C=O) groups excluding carboxylic acids is 1. The molecule has 2 nitrogen and oxygen atoms in total. The van der Waals surface area contributed by atoms with Crippen LogP contribution in [0.1, 0.15) is 43.2 Å². The van der Waals surface area contributed by atoms with Crippen molar-refractivity contribution in [3.63, 3.8) is 0 Å². The third-order valence-electron chi connectivity index (χ3n) is 4.14. The van der Waals surface area contributed by atoms with Crippen LogP contribution in [0.4, 0.5) is 0 Å². The Morgan fingerprint density at radius 1 is 1.00 bits per heavy atom. The van der Waals surface area contributed by atoms with Crippen LogP contribution in [0, 0.1) is 0 Å². The van der Waals surface area contributed by atoms with Crippen molar-refractivity contribution in [1.29, 1.82) is 0 Å². The van der Waals surface area contributed by atoms with Crippen molar-refractivity contribution in [1.82, 2.24) is 4.90 Å². The second-order valence-corrected chi connectivity index (χ2v) is 5.26. The van der Waals surface area contributed by atoms with Gasteiger partial charge in [0.2, 0.25) is 5.91 Å². The molecule has 90 valence electrons. The summed E-state index contributed by atoms with van der Waals surface area (Å²) in [6.45, 7) is 0.833.